The molecule has 310 valence electrons. The first kappa shape index (κ1) is 48.5. The Morgan fingerprint density at radius 1 is 0.842 bits per heavy atom. The Labute approximate surface area is 347 Å². The standard InChI is InChI=1S/C15H17BrFN5O4S.C9H5BrFN5O4.C6H13NO2S/c1-15(2,24)7-18-11(23)6-27-14-12(21-26-22-14)13(20-25)19-8-3-4-10(17)9(16)5-8;10-5-3-4(1-2-6(5)11)12-8(13-17)7-9(16(18)19)15-20-14-7;1-6(2,9)4-7-5(8)3-10/h3-5,24-25H,6-7H2,1-2H3,(H,18,23)(H,19,20);1-3,17H,(H,12,13);9-10H,3-4H2,1-2H3,(H,7,8). The number of amides is 2. The largest absolute Gasteiger partial charge is 0.445 e. The molecule has 0 unspecified atom stereocenters. The second kappa shape index (κ2) is 22.9. The molecule has 0 fully saturated rings. The molecule has 4 rings (SSSR count). The maximum atomic E-state index is 13.3. The molecule has 0 aliphatic rings. The van der Waals surface area contributed by atoms with Gasteiger partial charge in [-0.2, -0.15) is 12.6 Å². The summed E-state index contributed by atoms with van der Waals surface area (Å²) in [5, 5.41) is 66.8. The number of aliphatic hydroxyl groups is 2. The summed E-state index contributed by atoms with van der Waals surface area (Å²) < 4.78 is 35.6. The molecule has 0 aliphatic carbocycles. The first-order valence-corrected chi connectivity index (χ1v) is 18.8. The van der Waals surface area contributed by atoms with Gasteiger partial charge in [0.2, 0.25) is 11.8 Å². The number of hydroxylamine groups is 2. The predicted molar refractivity (Wildman–Crippen MR) is 209 cm³/mol. The minimum atomic E-state index is -1.02. The first-order chi connectivity index (χ1) is 26.7. The third-order valence-corrected chi connectivity index (χ3v) is 8.42. The highest BCUT2D eigenvalue weighted by atomic mass is 79.9. The smallest absolute Gasteiger partial charge is 0.389 e. The SMILES string of the molecule is CC(C)(O)CNC(=O)CS.CC(C)(O)CNC(=O)CSc1nonc1C(=Nc1ccc(F)c(Br)c1)NO.O=[N+]([O-])c1nonc1C(=Nc1ccc(F)c(Br)c1)NO. The van der Waals surface area contributed by atoms with Crippen LogP contribution in [0, 0.1) is 21.7 Å². The Hall–Kier alpha value is -4.64. The summed E-state index contributed by atoms with van der Waals surface area (Å²) in [6.07, 6.45) is 0. The summed E-state index contributed by atoms with van der Waals surface area (Å²) in [5.41, 5.74) is 1.93. The van der Waals surface area contributed by atoms with E-state index in [9.17, 15) is 38.8 Å². The minimum absolute atomic E-state index is 0.0158. The van der Waals surface area contributed by atoms with Crippen LogP contribution in [-0.4, -0.2) is 105 Å². The number of hydrogen-bond acceptors (Lipinski definition) is 18. The number of carbonyl (C=O) groups is 2. The number of nitrogens with zero attached hydrogens (tertiary/aromatic N) is 7. The number of nitro groups is 1. The van der Waals surface area contributed by atoms with Crippen molar-refractivity contribution in [2.45, 2.75) is 43.9 Å². The van der Waals surface area contributed by atoms with E-state index >= 15 is 0 Å². The zero-order chi connectivity index (χ0) is 42.9. The number of aliphatic imine (C=N–C) groups is 2. The van der Waals surface area contributed by atoms with Crippen molar-refractivity contribution in [3.63, 3.8) is 0 Å². The third-order valence-electron chi connectivity index (χ3n) is 5.97. The molecule has 8 N–H and O–H groups in total. The number of halogens is 4. The number of rotatable bonds is 13. The van der Waals surface area contributed by atoms with E-state index in [4.69, 9.17) is 10.3 Å². The highest BCUT2D eigenvalue weighted by Crippen LogP contribution is 2.25. The molecular formula is C30H35Br2F2N11O10S2. The van der Waals surface area contributed by atoms with Crippen LogP contribution in [0.2, 0.25) is 0 Å². The maximum absolute atomic E-state index is 13.3. The molecule has 2 aromatic heterocycles. The zero-order valence-corrected chi connectivity index (χ0v) is 34.9. The predicted octanol–water partition coefficient (Wildman–Crippen LogP) is 3.75. The van der Waals surface area contributed by atoms with E-state index in [1.54, 1.807) is 33.2 Å². The average Bonchev–Trinajstić information content (AvgIpc) is 3.83. The van der Waals surface area contributed by atoms with Gasteiger partial charge in [0, 0.05) is 13.1 Å². The fourth-order valence-corrected chi connectivity index (χ4v) is 4.94. The van der Waals surface area contributed by atoms with Gasteiger partial charge in [0.25, 0.3) is 5.69 Å². The van der Waals surface area contributed by atoms with E-state index in [-0.39, 0.29) is 73.4 Å². The van der Waals surface area contributed by atoms with Crippen molar-refractivity contribution >= 4 is 96.9 Å². The molecule has 0 saturated carbocycles. The molecule has 2 amide bonds. The molecule has 4 aromatic rings. The Balaban J connectivity index is 0.000000327. The molecule has 2 aromatic carbocycles. The van der Waals surface area contributed by atoms with E-state index < -0.39 is 39.3 Å². The van der Waals surface area contributed by atoms with E-state index in [1.807, 2.05) is 5.48 Å². The van der Waals surface area contributed by atoms with Gasteiger partial charge in [0.15, 0.2) is 27.5 Å². The molecule has 27 heteroatoms. The van der Waals surface area contributed by atoms with Crippen LogP contribution in [0.25, 0.3) is 0 Å². The lowest BCUT2D eigenvalue weighted by molar-refractivity contribution is -0.391. The van der Waals surface area contributed by atoms with Crippen molar-refractivity contribution in [3.8, 4) is 0 Å². The van der Waals surface area contributed by atoms with Crippen LogP contribution in [0.3, 0.4) is 0 Å². The van der Waals surface area contributed by atoms with Gasteiger partial charge in [0.1, 0.15) is 11.6 Å². The molecule has 0 aliphatic heterocycles. The third kappa shape index (κ3) is 17.6. The van der Waals surface area contributed by atoms with Gasteiger partial charge in [-0.3, -0.25) is 25.5 Å². The summed E-state index contributed by atoms with van der Waals surface area (Å²) in [7, 11) is 0. The Morgan fingerprint density at radius 3 is 1.74 bits per heavy atom. The van der Waals surface area contributed by atoms with Crippen molar-refractivity contribution in [2.75, 3.05) is 24.6 Å². The monoisotopic (exact) mass is 969 g/mol. The molecule has 0 atom stereocenters. The van der Waals surface area contributed by atoms with Gasteiger partial charge >= 0.3 is 5.82 Å². The lowest BCUT2D eigenvalue weighted by Crippen LogP contribution is -2.38. The van der Waals surface area contributed by atoms with Crippen LogP contribution in [0.1, 0.15) is 39.1 Å². The van der Waals surface area contributed by atoms with Crippen LogP contribution in [-0.2, 0) is 9.59 Å². The lowest BCUT2D eigenvalue weighted by Gasteiger charge is -2.17. The number of thiol groups is 1. The molecular weight excluding hydrogens is 936 g/mol. The van der Waals surface area contributed by atoms with Crippen molar-refractivity contribution in [3.05, 3.63) is 78.5 Å². The molecule has 0 spiro atoms. The maximum Gasteiger partial charge on any atom is 0.445 e. The van der Waals surface area contributed by atoms with Gasteiger partial charge < -0.3 is 31.0 Å². The number of nitrogens with one attached hydrogen (secondary N) is 4. The van der Waals surface area contributed by atoms with Crippen LogP contribution in [0.4, 0.5) is 26.0 Å². The molecule has 57 heavy (non-hydrogen) atoms. The van der Waals surface area contributed by atoms with E-state index in [2.05, 4.69) is 95.0 Å². The summed E-state index contributed by atoms with van der Waals surface area (Å²) in [6.45, 7) is 6.78. The van der Waals surface area contributed by atoms with Gasteiger partial charge in [-0.1, -0.05) is 11.8 Å². The fourth-order valence-electron chi connectivity index (χ4n) is 3.37. The highest BCUT2D eigenvalue weighted by Gasteiger charge is 2.27. The average molecular weight is 972 g/mol. The number of thioether (sulfide) groups is 1. The summed E-state index contributed by atoms with van der Waals surface area (Å²) in [4.78, 5) is 40.2. The fraction of sp³-hybridized carbons (Fsp3) is 0.333. The van der Waals surface area contributed by atoms with Crippen LogP contribution in [0.5, 0.6) is 0 Å². The number of benzene rings is 2. The summed E-state index contributed by atoms with van der Waals surface area (Å²) in [5.74, 6) is -2.47. The molecule has 2 heterocycles. The topological polar surface area (TPSA) is 309 Å². The molecule has 21 nitrogen and oxygen atoms in total. The van der Waals surface area contributed by atoms with Crippen LogP contribution < -0.4 is 21.6 Å². The second-order valence-electron chi connectivity index (χ2n) is 12.1. The van der Waals surface area contributed by atoms with Gasteiger partial charge in [0.05, 0.1) is 43.0 Å². The van der Waals surface area contributed by atoms with Gasteiger partial charge in [-0.15, -0.1) is 4.63 Å². The van der Waals surface area contributed by atoms with Crippen molar-refractivity contribution in [2.24, 2.45) is 9.98 Å². The minimum Gasteiger partial charge on any atom is -0.389 e. The van der Waals surface area contributed by atoms with Gasteiger partial charge in [-0.25, -0.2) is 28.9 Å². The normalized spacial score (nSPS) is 11.7. The number of carbonyl (C=O) groups excluding carboxylic acids is 2. The van der Waals surface area contributed by atoms with Gasteiger partial charge in [-0.05, 0) is 116 Å². The zero-order valence-electron chi connectivity index (χ0n) is 30.0. The number of hydrogen-bond donors (Lipinski definition) is 9. The summed E-state index contributed by atoms with van der Waals surface area (Å²) >= 11 is 10.8. The van der Waals surface area contributed by atoms with Crippen molar-refractivity contribution < 1.29 is 53.2 Å². The molecule has 0 saturated heterocycles. The highest BCUT2D eigenvalue weighted by molar-refractivity contribution is 9.10. The van der Waals surface area contributed by atoms with Crippen LogP contribution >= 0.6 is 56.3 Å². The van der Waals surface area contributed by atoms with Crippen molar-refractivity contribution in [1.82, 2.24) is 42.2 Å². The Bertz CT molecular complexity index is 2040. The van der Waals surface area contributed by atoms with E-state index in [1.165, 1.54) is 30.3 Å². The Morgan fingerprint density at radius 2 is 1.30 bits per heavy atom. The van der Waals surface area contributed by atoms with E-state index in [0.29, 0.717) is 5.69 Å². The second-order valence-corrected chi connectivity index (χ2v) is 15.1. The van der Waals surface area contributed by atoms with Crippen LogP contribution in [0.15, 0.2) is 69.6 Å². The number of amidine groups is 2. The Kier molecular flexibility index (Phi) is 19.5. The lowest BCUT2D eigenvalue weighted by atomic mass is 10.1. The number of aromatic nitrogens is 4. The first-order valence-electron chi connectivity index (χ1n) is 15.6. The van der Waals surface area contributed by atoms with E-state index in [0.717, 1.165) is 17.8 Å². The quantitative estimate of drug-likeness (QED) is 0.0230. The molecule has 0 bridgehead atoms. The molecule has 0 radical (unpaired) electrons. The summed E-state index contributed by atoms with van der Waals surface area (Å²) in [6, 6.07) is 7.77. The van der Waals surface area contributed by atoms with Crippen molar-refractivity contribution in [1.29, 1.82) is 0 Å².